The molecule has 2 aromatic heterocycles. The summed E-state index contributed by atoms with van der Waals surface area (Å²) in [6.45, 7) is 7.34. The van der Waals surface area contributed by atoms with Gasteiger partial charge in [0.1, 0.15) is 16.6 Å². The van der Waals surface area contributed by atoms with Crippen molar-refractivity contribution in [2.75, 3.05) is 50.1 Å². The summed E-state index contributed by atoms with van der Waals surface area (Å²) in [5.74, 6) is -1.65. The summed E-state index contributed by atoms with van der Waals surface area (Å²) in [4.78, 5) is 40.5. The highest BCUT2D eigenvalue weighted by atomic mass is 32.1. The number of aryl methyl sites for hydroxylation is 2. The Morgan fingerprint density at radius 2 is 1.45 bits per heavy atom. The van der Waals surface area contributed by atoms with Crippen molar-refractivity contribution in [1.29, 1.82) is 0 Å². The van der Waals surface area contributed by atoms with Gasteiger partial charge >= 0.3 is 5.97 Å². The SMILES string of the molecule is C=C(C(=O)Nc1nnc(CCCCc2nnc(NC(=O)C(COC(=O)CCN3CCOCC3)c3ccccc3)s2)s1)c1ccccc1. The van der Waals surface area contributed by atoms with Crippen molar-refractivity contribution in [2.45, 2.75) is 38.0 Å². The van der Waals surface area contributed by atoms with E-state index >= 15 is 0 Å². The van der Waals surface area contributed by atoms with E-state index in [1.54, 1.807) is 0 Å². The van der Waals surface area contributed by atoms with E-state index in [4.69, 9.17) is 9.47 Å². The van der Waals surface area contributed by atoms with Crippen LogP contribution in [0.1, 0.15) is 46.3 Å². The number of carbonyl (C=O) groups is 3. The molecule has 2 amide bonds. The number of ether oxygens (including phenoxy) is 2. The fourth-order valence-electron chi connectivity index (χ4n) is 4.83. The van der Waals surface area contributed by atoms with Crippen molar-refractivity contribution < 1.29 is 23.9 Å². The largest absolute Gasteiger partial charge is 0.464 e. The van der Waals surface area contributed by atoms with Crippen LogP contribution in [0.3, 0.4) is 0 Å². The zero-order valence-electron chi connectivity index (χ0n) is 25.9. The van der Waals surface area contributed by atoms with Gasteiger partial charge in [0.2, 0.25) is 16.2 Å². The maximum atomic E-state index is 13.3. The number of esters is 1. The van der Waals surface area contributed by atoms with Crippen LogP contribution in [-0.4, -0.2) is 82.5 Å². The Kier molecular flexibility index (Phi) is 12.7. The van der Waals surface area contributed by atoms with E-state index in [2.05, 4.69) is 42.5 Å². The highest BCUT2D eigenvalue weighted by Crippen LogP contribution is 2.24. The summed E-state index contributed by atoms with van der Waals surface area (Å²) < 4.78 is 10.9. The normalized spacial score (nSPS) is 13.9. The molecule has 2 aromatic carbocycles. The smallest absolute Gasteiger partial charge is 0.307 e. The molecule has 0 aliphatic carbocycles. The summed E-state index contributed by atoms with van der Waals surface area (Å²) in [6, 6.07) is 18.5. The lowest BCUT2D eigenvalue weighted by Gasteiger charge is -2.26. The predicted molar refractivity (Wildman–Crippen MR) is 181 cm³/mol. The average molecular weight is 676 g/mol. The van der Waals surface area contributed by atoms with Crippen LogP contribution in [0.25, 0.3) is 5.57 Å². The number of amides is 2. The maximum absolute atomic E-state index is 13.3. The van der Waals surface area contributed by atoms with Crippen LogP contribution in [0, 0.1) is 0 Å². The van der Waals surface area contributed by atoms with Crippen LogP contribution in [-0.2, 0) is 36.7 Å². The van der Waals surface area contributed by atoms with Gasteiger partial charge in [0, 0.05) is 38.0 Å². The van der Waals surface area contributed by atoms with Gasteiger partial charge in [0.05, 0.1) is 25.6 Å². The first-order chi connectivity index (χ1) is 22.9. The number of nitrogens with one attached hydrogen (secondary N) is 2. The first-order valence-corrected chi connectivity index (χ1v) is 17.1. The molecule has 0 spiro atoms. The lowest BCUT2D eigenvalue weighted by Crippen LogP contribution is -2.37. The van der Waals surface area contributed by atoms with Gasteiger partial charge in [-0.1, -0.05) is 89.9 Å². The van der Waals surface area contributed by atoms with Crippen molar-refractivity contribution >= 4 is 56.3 Å². The molecule has 3 heterocycles. The van der Waals surface area contributed by atoms with Crippen LogP contribution in [0.2, 0.25) is 0 Å². The monoisotopic (exact) mass is 675 g/mol. The zero-order valence-corrected chi connectivity index (χ0v) is 27.6. The second-order valence-electron chi connectivity index (χ2n) is 10.8. The van der Waals surface area contributed by atoms with Gasteiger partial charge in [-0.15, -0.1) is 20.4 Å². The van der Waals surface area contributed by atoms with Crippen molar-refractivity contribution in [2.24, 2.45) is 0 Å². The van der Waals surface area contributed by atoms with Gasteiger partial charge in [0.15, 0.2) is 0 Å². The molecular formula is C33H37N7O5S2. The lowest BCUT2D eigenvalue weighted by atomic mass is 9.99. The van der Waals surface area contributed by atoms with Gasteiger partial charge in [-0.05, 0) is 24.0 Å². The van der Waals surface area contributed by atoms with Crippen LogP contribution in [0.15, 0.2) is 67.2 Å². The molecule has 1 saturated heterocycles. The van der Waals surface area contributed by atoms with Gasteiger partial charge in [-0.25, -0.2) is 0 Å². The van der Waals surface area contributed by atoms with Gasteiger partial charge in [-0.3, -0.25) is 29.9 Å². The minimum absolute atomic E-state index is 0.0672. The molecule has 1 aliphatic heterocycles. The number of benzene rings is 2. The van der Waals surface area contributed by atoms with Crippen LogP contribution < -0.4 is 10.6 Å². The van der Waals surface area contributed by atoms with E-state index in [-0.39, 0.29) is 30.8 Å². The Labute approximate surface area is 281 Å². The molecule has 246 valence electrons. The second kappa shape index (κ2) is 17.5. The fourth-order valence-corrected chi connectivity index (χ4v) is 6.39. The molecule has 1 unspecified atom stereocenters. The number of anilines is 2. The van der Waals surface area contributed by atoms with E-state index in [9.17, 15) is 14.4 Å². The summed E-state index contributed by atoms with van der Waals surface area (Å²) in [7, 11) is 0. The van der Waals surface area contributed by atoms with Crippen molar-refractivity contribution in [3.8, 4) is 0 Å². The molecule has 0 bridgehead atoms. The van der Waals surface area contributed by atoms with Gasteiger partial charge in [-0.2, -0.15) is 0 Å². The Hall–Kier alpha value is -4.37. The Morgan fingerprint density at radius 3 is 2.09 bits per heavy atom. The Bertz CT molecular complexity index is 1620. The van der Waals surface area contributed by atoms with Crippen LogP contribution in [0.4, 0.5) is 10.3 Å². The number of nitrogens with zero attached hydrogens (tertiary/aromatic N) is 5. The molecule has 0 saturated carbocycles. The number of morpholine rings is 1. The third-order valence-corrected chi connectivity index (χ3v) is 9.27. The van der Waals surface area contributed by atoms with Crippen LogP contribution >= 0.6 is 22.7 Å². The summed E-state index contributed by atoms with van der Waals surface area (Å²) in [5.41, 5.74) is 1.86. The van der Waals surface area contributed by atoms with E-state index < -0.39 is 5.92 Å². The van der Waals surface area contributed by atoms with Gasteiger partial charge < -0.3 is 9.47 Å². The first-order valence-electron chi connectivity index (χ1n) is 15.5. The summed E-state index contributed by atoms with van der Waals surface area (Å²) in [5, 5.41) is 24.8. The van der Waals surface area contributed by atoms with E-state index in [1.807, 2.05) is 60.7 Å². The molecule has 4 aromatic rings. The van der Waals surface area contributed by atoms with Crippen LogP contribution in [0.5, 0.6) is 0 Å². The van der Waals surface area contributed by atoms with Crippen molar-refractivity contribution in [1.82, 2.24) is 25.3 Å². The highest BCUT2D eigenvalue weighted by Gasteiger charge is 2.24. The van der Waals surface area contributed by atoms with Crippen molar-refractivity contribution in [3.05, 3.63) is 88.4 Å². The molecule has 14 heteroatoms. The van der Waals surface area contributed by atoms with Crippen molar-refractivity contribution in [3.63, 3.8) is 0 Å². The number of hydrogen-bond acceptors (Lipinski definition) is 12. The van der Waals surface area contributed by atoms with E-state index in [0.29, 0.717) is 48.4 Å². The minimum atomic E-state index is -0.686. The molecule has 12 nitrogen and oxygen atoms in total. The van der Waals surface area contributed by atoms with Gasteiger partial charge in [0.25, 0.3) is 5.91 Å². The Morgan fingerprint density at radius 1 is 0.851 bits per heavy atom. The number of hydrogen-bond donors (Lipinski definition) is 2. The second-order valence-corrected chi connectivity index (χ2v) is 13.0. The predicted octanol–water partition coefficient (Wildman–Crippen LogP) is 4.59. The molecule has 47 heavy (non-hydrogen) atoms. The Balaban J connectivity index is 1.05. The maximum Gasteiger partial charge on any atom is 0.307 e. The quantitative estimate of drug-likeness (QED) is 0.0981. The average Bonchev–Trinajstić information content (AvgIpc) is 3.75. The molecular weight excluding hydrogens is 639 g/mol. The minimum Gasteiger partial charge on any atom is -0.464 e. The zero-order chi connectivity index (χ0) is 32.8. The summed E-state index contributed by atoms with van der Waals surface area (Å²) in [6.07, 6.45) is 3.33. The topological polar surface area (TPSA) is 149 Å². The molecule has 1 atom stereocenters. The highest BCUT2D eigenvalue weighted by molar-refractivity contribution is 7.15. The number of unbranched alkanes of at least 4 members (excludes halogenated alkanes) is 1. The fraction of sp³-hybridized carbons (Fsp3) is 0.364. The van der Waals surface area contributed by atoms with E-state index in [0.717, 1.165) is 47.1 Å². The first kappa shape index (κ1) is 34.0. The summed E-state index contributed by atoms with van der Waals surface area (Å²) >= 11 is 2.66. The molecule has 1 fully saturated rings. The molecule has 2 N–H and O–H groups in total. The van der Waals surface area contributed by atoms with E-state index in [1.165, 1.54) is 22.7 Å². The molecule has 1 aliphatic rings. The number of carbonyl (C=O) groups excluding carboxylic acids is 3. The number of rotatable bonds is 16. The molecule has 0 radical (unpaired) electrons. The number of aromatic nitrogens is 4. The molecule has 5 rings (SSSR count). The third kappa shape index (κ3) is 10.6. The lowest BCUT2D eigenvalue weighted by molar-refractivity contribution is -0.145. The standard InChI is InChI=1S/C33H37N7O5S2/c1-23(24-10-4-2-5-11-24)30(42)34-32-38-36-27(46-32)14-8-9-15-28-37-39-33(47-28)35-31(43)26(25-12-6-3-7-13-25)22-45-29(41)16-17-40-18-20-44-21-19-40/h2-7,10-13,26H,1,8-9,14-22H2,(H,34,38,42)(H,35,39,43). The third-order valence-electron chi connectivity index (χ3n) is 7.48.